The lowest BCUT2D eigenvalue weighted by Crippen LogP contribution is -2.33. The molecule has 0 radical (unpaired) electrons. The number of benzene rings is 1. The molecule has 2 N–H and O–H groups in total. The maximum absolute atomic E-state index is 13.4. The van der Waals surface area contributed by atoms with Crippen molar-refractivity contribution in [2.45, 2.75) is 31.8 Å². The van der Waals surface area contributed by atoms with Gasteiger partial charge in [0.25, 0.3) is 0 Å². The highest BCUT2D eigenvalue weighted by molar-refractivity contribution is 5.21. The molecule has 0 amide bonds. The number of nitrogen functional groups attached to an aromatic ring is 1. The minimum atomic E-state index is -0.817. The van der Waals surface area contributed by atoms with Crippen molar-refractivity contribution in [3.63, 3.8) is 0 Å². The van der Waals surface area contributed by atoms with E-state index in [9.17, 15) is 8.78 Å². The van der Waals surface area contributed by atoms with Crippen LogP contribution in [0.5, 0.6) is 0 Å². The molecule has 3 rings (SSSR count). The first-order valence-corrected chi connectivity index (χ1v) is 7.40. The average molecular weight is 304 g/mol. The molecular weight excluding hydrogens is 286 g/mol. The average Bonchev–Trinajstić information content (AvgIpc) is 2.51. The highest BCUT2D eigenvalue weighted by atomic mass is 19.2. The quantitative estimate of drug-likeness (QED) is 0.947. The minimum Gasteiger partial charge on any atom is -0.368 e. The number of aromatic nitrogens is 2. The Balaban J connectivity index is 1.82. The number of anilines is 1. The third-order valence-corrected chi connectivity index (χ3v) is 4.02. The molecule has 1 saturated heterocycles. The fraction of sp³-hybridized carbons (Fsp3) is 0.375. The van der Waals surface area contributed by atoms with E-state index in [-0.39, 0.29) is 12.0 Å². The minimum absolute atomic E-state index is 0.132. The van der Waals surface area contributed by atoms with E-state index in [1.54, 1.807) is 12.3 Å². The Labute approximate surface area is 128 Å². The van der Waals surface area contributed by atoms with Gasteiger partial charge in [-0.3, -0.25) is 4.90 Å². The van der Waals surface area contributed by atoms with Crippen molar-refractivity contribution in [1.82, 2.24) is 14.9 Å². The summed E-state index contributed by atoms with van der Waals surface area (Å²) < 4.78 is 26.4. The molecule has 0 saturated carbocycles. The summed E-state index contributed by atoms with van der Waals surface area (Å²) in [5.74, 6) is -1.37. The Hall–Kier alpha value is -2.08. The van der Waals surface area contributed by atoms with Gasteiger partial charge >= 0.3 is 0 Å². The van der Waals surface area contributed by atoms with Crippen molar-refractivity contribution >= 4 is 5.95 Å². The molecule has 1 aromatic heterocycles. The number of nitrogens with two attached hydrogens (primary N) is 1. The third kappa shape index (κ3) is 3.22. The van der Waals surface area contributed by atoms with Gasteiger partial charge in [-0.1, -0.05) is 12.5 Å². The maximum Gasteiger partial charge on any atom is 0.220 e. The van der Waals surface area contributed by atoms with Crippen LogP contribution in [0, 0.1) is 11.6 Å². The first-order valence-electron chi connectivity index (χ1n) is 7.40. The van der Waals surface area contributed by atoms with Crippen molar-refractivity contribution in [1.29, 1.82) is 0 Å². The Morgan fingerprint density at radius 2 is 2.05 bits per heavy atom. The van der Waals surface area contributed by atoms with Crippen LogP contribution in [0.1, 0.15) is 36.6 Å². The van der Waals surface area contributed by atoms with E-state index in [4.69, 9.17) is 5.73 Å². The van der Waals surface area contributed by atoms with Gasteiger partial charge in [0.15, 0.2) is 11.6 Å². The normalized spacial score (nSPS) is 19.3. The van der Waals surface area contributed by atoms with Crippen molar-refractivity contribution in [2.75, 3.05) is 12.3 Å². The number of nitrogens with zero attached hydrogens (tertiary/aromatic N) is 3. The second kappa shape index (κ2) is 6.36. The van der Waals surface area contributed by atoms with Crippen LogP contribution in [-0.2, 0) is 6.54 Å². The summed E-state index contributed by atoms with van der Waals surface area (Å²) >= 11 is 0. The largest absolute Gasteiger partial charge is 0.368 e. The van der Waals surface area contributed by atoms with E-state index < -0.39 is 11.6 Å². The van der Waals surface area contributed by atoms with Gasteiger partial charge in [0, 0.05) is 12.7 Å². The smallest absolute Gasteiger partial charge is 0.220 e. The summed E-state index contributed by atoms with van der Waals surface area (Å²) in [5.41, 5.74) is 7.31. The zero-order chi connectivity index (χ0) is 15.5. The molecule has 2 aromatic rings. The second-order valence-electron chi connectivity index (χ2n) is 5.57. The third-order valence-electron chi connectivity index (χ3n) is 4.02. The summed E-state index contributed by atoms with van der Waals surface area (Å²) in [7, 11) is 0. The fourth-order valence-electron chi connectivity index (χ4n) is 2.96. The molecule has 1 atom stereocenters. The highest BCUT2D eigenvalue weighted by Crippen LogP contribution is 2.31. The monoisotopic (exact) mass is 304 g/mol. The molecule has 0 unspecified atom stereocenters. The molecule has 4 nitrogen and oxygen atoms in total. The predicted octanol–water partition coefficient (Wildman–Crippen LogP) is 3.06. The summed E-state index contributed by atoms with van der Waals surface area (Å²) in [5, 5.41) is 0. The summed E-state index contributed by atoms with van der Waals surface area (Å²) in [6.07, 6.45) is 4.83. The van der Waals surface area contributed by atoms with E-state index in [0.717, 1.165) is 37.1 Å². The zero-order valence-corrected chi connectivity index (χ0v) is 12.2. The first kappa shape index (κ1) is 14.8. The lowest BCUT2D eigenvalue weighted by atomic mass is 9.98. The molecule has 1 aliphatic rings. The van der Waals surface area contributed by atoms with Gasteiger partial charge in [0.2, 0.25) is 5.95 Å². The van der Waals surface area contributed by atoms with Crippen LogP contribution in [0.25, 0.3) is 0 Å². The first-order chi connectivity index (χ1) is 10.6. The Bertz CT molecular complexity index is 662. The van der Waals surface area contributed by atoms with E-state index in [1.165, 1.54) is 12.1 Å². The van der Waals surface area contributed by atoms with Gasteiger partial charge in [-0.25, -0.2) is 18.7 Å². The Morgan fingerprint density at radius 3 is 2.82 bits per heavy atom. The van der Waals surface area contributed by atoms with E-state index >= 15 is 0 Å². The van der Waals surface area contributed by atoms with Crippen LogP contribution in [0.15, 0.2) is 30.5 Å². The Morgan fingerprint density at radius 1 is 1.18 bits per heavy atom. The van der Waals surface area contributed by atoms with Gasteiger partial charge in [-0.05, 0) is 43.1 Å². The molecule has 116 valence electrons. The van der Waals surface area contributed by atoms with Crippen LogP contribution < -0.4 is 5.73 Å². The molecule has 1 aliphatic heterocycles. The van der Waals surface area contributed by atoms with Crippen molar-refractivity contribution in [3.8, 4) is 0 Å². The number of halogens is 2. The maximum atomic E-state index is 13.4. The molecule has 22 heavy (non-hydrogen) atoms. The predicted molar refractivity (Wildman–Crippen MR) is 79.8 cm³/mol. The van der Waals surface area contributed by atoms with Crippen molar-refractivity contribution in [3.05, 3.63) is 53.4 Å². The Kier molecular flexibility index (Phi) is 4.29. The van der Waals surface area contributed by atoms with Gasteiger partial charge < -0.3 is 5.73 Å². The molecule has 0 aliphatic carbocycles. The molecule has 6 heteroatoms. The van der Waals surface area contributed by atoms with Gasteiger partial charge in [0.05, 0.1) is 11.7 Å². The molecule has 0 spiro atoms. The fourth-order valence-corrected chi connectivity index (χ4v) is 2.96. The molecular formula is C16H18F2N4. The van der Waals surface area contributed by atoms with Crippen LogP contribution in [0.3, 0.4) is 0 Å². The molecule has 1 aromatic carbocycles. The number of likely N-dealkylation sites (tertiary alicyclic amines) is 1. The molecule has 2 heterocycles. The number of piperidine rings is 1. The van der Waals surface area contributed by atoms with Crippen LogP contribution in [0.2, 0.25) is 0 Å². The number of hydrogen-bond donors (Lipinski definition) is 1. The standard InChI is InChI=1S/C16H18F2N4/c17-12-5-4-11(9-13(12)18)10-22-8-2-1-3-15(22)14-6-7-20-16(19)21-14/h4-7,9,15H,1-3,8,10H2,(H2,19,20,21)/t15-/m1/s1. The molecule has 1 fully saturated rings. The van der Waals surface area contributed by atoms with Gasteiger partial charge in [0.1, 0.15) is 0 Å². The van der Waals surface area contributed by atoms with Crippen LogP contribution >= 0.6 is 0 Å². The van der Waals surface area contributed by atoms with Crippen molar-refractivity contribution < 1.29 is 8.78 Å². The topological polar surface area (TPSA) is 55.0 Å². The van der Waals surface area contributed by atoms with Gasteiger partial charge in [-0.2, -0.15) is 0 Å². The summed E-state index contributed by atoms with van der Waals surface area (Å²) in [4.78, 5) is 10.5. The number of rotatable bonds is 3. The van der Waals surface area contributed by atoms with E-state index in [2.05, 4.69) is 14.9 Å². The summed E-state index contributed by atoms with van der Waals surface area (Å²) in [6, 6.07) is 6.05. The lowest BCUT2D eigenvalue weighted by molar-refractivity contribution is 0.137. The highest BCUT2D eigenvalue weighted by Gasteiger charge is 2.25. The number of hydrogen-bond acceptors (Lipinski definition) is 4. The zero-order valence-electron chi connectivity index (χ0n) is 12.2. The lowest BCUT2D eigenvalue weighted by Gasteiger charge is -2.35. The molecule has 0 bridgehead atoms. The van der Waals surface area contributed by atoms with Crippen LogP contribution in [-0.4, -0.2) is 21.4 Å². The van der Waals surface area contributed by atoms with Crippen LogP contribution in [0.4, 0.5) is 14.7 Å². The van der Waals surface area contributed by atoms with E-state index in [1.807, 2.05) is 6.07 Å². The second-order valence-corrected chi connectivity index (χ2v) is 5.57. The van der Waals surface area contributed by atoms with Crippen molar-refractivity contribution in [2.24, 2.45) is 0 Å². The van der Waals surface area contributed by atoms with E-state index in [0.29, 0.717) is 6.54 Å². The summed E-state index contributed by atoms with van der Waals surface area (Å²) in [6.45, 7) is 1.46. The van der Waals surface area contributed by atoms with Gasteiger partial charge in [-0.15, -0.1) is 0 Å². The SMILES string of the molecule is Nc1nccc([C@H]2CCCCN2Cc2ccc(F)c(F)c2)n1.